The largest absolute Gasteiger partial charge is 0.489 e. The highest BCUT2D eigenvalue weighted by Crippen LogP contribution is 2.28. The van der Waals surface area contributed by atoms with Gasteiger partial charge in [0.05, 0.1) is 17.7 Å². The van der Waals surface area contributed by atoms with Crippen molar-refractivity contribution in [2.24, 2.45) is 11.8 Å². The van der Waals surface area contributed by atoms with Gasteiger partial charge in [-0.1, -0.05) is 13.0 Å². The fourth-order valence-electron chi connectivity index (χ4n) is 3.70. The Morgan fingerprint density at radius 3 is 2.89 bits per heavy atom. The molecular weight excluding hydrogens is 348 g/mol. The Kier molecular flexibility index (Phi) is 6.21. The minimum absolute atomic E-state index is 0.0910. The maximum atomic E-state index is 12.7. The molecule has 3 unspecified atom stereocenters. The highest BCUT2D eigenvalue weighted by atomic mass is 16.5. The molecule has 2 saturated heterocycles. The van der Waals surface area contributed by atoms with Gasteiger partial charge in [0.1, 0.15) is 12.4 Å². The van der Waals surface area contributed by atoms with E-state index in [2.05, 4.69) is 5.32 Å². The van der Waals surface area contributed by atoms with Crippen molar-refractivity contribution in [1.29, 1.82) is 0 Å². The second kappa shape index (κ2) is 8.61. The van der Waals surface area contributed by atoms with E-state index in [0.29, 0.717) is 31.0 Å². The van der Waals surface area contributed by atoms with E-state index in [1.54, 1.807) is 4.90 Å². The molecular formula is C20H28N2O5. The zero-order chi connectivity index (χ0) is 19.4. The molecule has 7 heteroatoms. The maximum Gasteiger partial charge on any atom is 0.321 e. The van der Waals surface area contributed by atoms with Crippen molar-refractivity contribution in [2.75, 3.05) is 31.6 Å². The summed E-state index contributed by atoms with van der Waals surface area (Å²) in [7, 11) is 0. The summed E-state index contributed by atoms with van der Waals surface area (Å²) in [6, 6.07) is 5.33. The first-order chi connectivity index (χ1) is 12.9. The number of carbonyl (C=O) groups is 2. The lowest BCUT2D eigenvalue weighted by Crippen LogP contribution is -2.47. The molecule has 2 amide bonds. The number of hydrogen-bond acceptors (Lipinski definition) is 4. The quantitative estimate of drug-likeness (QED) is 0.824. The second-order valence-corrected chi connectivity index (χ2v) is 7.66. The van der Waals surface area contributed by atoms with Gasteiger partial charge in [0.2, 0.25) is 0 Å². The van der Waals surface area contributed by atoms with Crippen molar-refractivity contribution in [2.45, 2.75) is 39.2 Å². The van der Waals surface area contributed by atoms with Crippen LogP contribution in [0.5, 0.6) is 5.75 Å². The fraction of sp³-hybridized carbons (Fsp3) is 0.600. The summed E-state index contributed by atoms with van der Waals surface area (Å²) in [6.45, 7) is 5.93. The molecule has 0 aliphatic carbocycles. The van der Waals surface area contributed by atoms with Crippen LogP contribution in [0, 0.1) is 18.8 Å². The van der Waals surface area contributed by atoms with Crippen molar-refractivity contribution in [3.63, 3.8) is 0 Å². The highest BCUT2D eigenvalue weighted by molar-refractivity contribution is 5.91. The van der Waals surface area contributed by atoms with Gasteiger partial charge in [-0.15, -0.1) is 0 Å². The number of urea groups is 1. The Morgan fingerprint density at radius 2 is 2.19 bits per heavy atom. The van der Waals surface area contributed by atoms with Crippen molar-refractivity contribution in [3.8, 4) is 5.75 Å². The lowest BCUT2D eigenvalue weighted by molar-refractivity contribution is -0.143. The highest BCUT2D eigenvalue weighted by Gasteiger charge is 2.32. The van der Waals surface area contributed by atoms with Gasteiger partial charge in [0.15, 0.2) is 0 Å². The molecule has 0 aromatic heterocycles. The van der Waals surface area contributed by atoms with Gasteiger partial charge in [-0.25, -0.2) is 4.79 Å². The Balaban J connectivity index is 1.66. The molecule has 27 heavy (non-hydrogen) atoms. The van der Waals surface area contributed by atoms with Crippen LogP contribution in [0.15, 0.2) is 18.2 Å². The normalized spacial score (nSPS) is 25.3. The number of carboxylic acid groups (broad SMARTS) is 1. The van der Waals surface area contributed by atoms with Gasteiger partial charge in [-0.05, 0) is 49.8 Å². The molecule has 2 aliphatic rings. The van der Waals surface area contributed by atoms with Crippen molar-refractivity contribution in [1.82, 2.24) is 4.90 Å². The molecule has 0 saturated carbocycles. The number of rotatable bonds is 5. The lowest BCUT2D eigenvalue weighted by Gasteiger charge is -2.34. The SMILES string of the molecule is Cc1ccc(NC(=O)N2CC(C)CC(C(=O)O)C2)c(OCC2CCCO2)c1. The van der Waals surface area contributed by atoms with Gasteiger partial charge in [-0.2, -0.15) is 0 Å². The van der Waals surface area contributed by atoms with Crippen LogP contribution in [0.3, 0.4) is 0 Å². The van der Waals surface area contributed by atoms with Crippen LogP contribution in [0.4, 0.5) is 10.5 Å². The zero-order valence-corrected chi connectivity index (χ0v) is 15.9. The molecule has 0 radical (unpaired) electrons. The molecule has 2 fully saturated rings. The van der Waals surface area contributed by atoms with Crippen LogP contribution in [0.1, 0.15) is 31.7 Å². The molecule has 1 aromatic rings. The average Bonchev–Trinajstić information content (AvgIpc) is 3.14. The third-order valence-corrected chi connectivity index (χ3v) is 5.12. The summed E-state index contributed by atoms with van der Waals surface area (Å²) >= 11 is 0. The van der Waals surface area contributed by atoms with Gasteiger partial charge >= 0.3 is 12.0 Å². The summed E-state index contributed by atoms with van der Waals surface area (Å²) in [4.78, 5) is 25.6. The van der Waals surface area contributed by atoms with Crippen molar-refractivity contribution in [3.05, 3.63) is 23.8 Å². The van der Waals surface area contributed by atoms with Crippen LogP contribution in [-0.2, 0) is 9.53 Å². The van der Waals surface area contributed by atoms with E-state index in [-0.39, 0.29) is 24.6 Å². The summed E-state index contributed by atoms with van der Waals surface area (Å²) in [5.41, 5.74) is 1.63. The van der Waals surface area contributed by atoms with Gasteiger partial charge in [0, 0.05) is 19.7 Å². The molecule has 0 spiro atoms. The summed E-state index contributed by atoms with van der Waals surface area (Å²) in [5, 5.41) is 12.2. The monoisotopic (exact) mass is 376 g/mol. The molecule has 3 atom stereocenters. The number of piperidine rings is 1. The number of ether oxygens (including phenoxy) is 2. The van der Waals surface area contributed by atoms with Gasteiger partial charge < -0.3 is 24.8 Å². The minimum Gasteiger partial charge on any atom is -0.489 e. The molecule has 7 nitrogen and oxygen atoms in total. The average molecular weight is 376 g/mol. The van der Waals surface area contributed by atoms with E-state index in [1.165, 1.54) is 0 Å². The Bertz CT molecular complexity index is 687. The predicted octanol–water partition coefficient (Wildman–Crippen LogP) is 3.13. The molecule has 0 bridgehead atoms. The first-order valence-corrected chi connectivity index (χ1v) is 9.56. The summed E-state index contributed by atoms with van der Waals surface area (Å²) < 4.78 is 11.5. The van der Waals surface area contributed by atoms with Crippen LogP contribution >= 0.6 is 0 Å². The molecule has 2 heterocycles. The lowest BCUT2D eigenvalue weighted by atomic mass is 9.91. The van der Waals surface area contributed by atoms with Crippen molar-refractivity contribution < 1.29 is 24.2 Å². The number of carboxylic acids is 1. The fourth-order valence-corrected chi connectivity index (χ4v) is 3.70. The number of hydrogen-bond donors (Lipinski definition) is 2. The predicted molar refractivity (Wildman–Crippen MR) is 101 cm³/mol. The van der Waals surface area contributed by atoms with Crippen LogP contribution in [0.25, 0.3) is 0 Å². The first kappa shape index (κ1) is 19.5. The molecule has 1 aromatic carbocycles. The smallest absolute Gasteiger partial charge is 0.321 e. The number of anilines is 1. The standard InChI is InChI=1S/C20H28N2O5/c1-13-5-6-17(18(9-13)27-12-16-4-3-7-26-16)21-20(25)22-10-14(2)8-15(11-22)19(23)24/h5-6,9,14-16H,3-4,7-8,10-12H2,1-2H3,(H,21,25)(H,23,24). The van der Waals surface area contributed by atoms with Crippen molar-refractivity contribution >= 4 is 17.7 Å². The number of aliphatic carboxylic acids is 1. The van der Waals surface area contributed by atoms with Gasteiger partial charge in [-0.3, -0.25) is 4.79 Å². The number of nitrogens with one attached hydrogen (secondary N) is 1. The van der Waals surface area contributed by atoms with E-state index in [1.807, 2.05) is 32.0 Å². The number of nitrogens with zero attached hydrogens (tertiary/aromatic N) is 1. The Hall–Kier alpha value is -2.28. The third-order valence-electron chi connectivity index (χ3n) is 5.12. The third kappa shape index (κ3) is 5.13. The molecule has 2 aliphatic heterocycles. The van der Waals surface area contributed by atoms with Gasteiger partial charge in [0.25, 0.3) is 0 Å². The van der Waals surface area contributed by atoms with E-state index >= 15 is 0 Å². The second-order valence-electron chi connectivity index (χ2n) is 7.66. The topological polar surface area (TPSA) is 88.1 Å². The van der Waals surface area contributed by atoms with Crippen LogP contribution in [0.2, 0.25) is 0 Å². The van der Waals surface area contributed by atoms with E-state index in [9.17, 15) is 14.7 Å². The number of aryl methyl sites for hydroxylation is 1. The number of benzene rings is 1. The zero-order valence-electron chi connectivity index (χ0n) is 15.9. The van der Waals surface area contributed by atoms with E-state index < -0.39 is 11.9 Å². The first-order valence-electron chi connectivity index (χ1n) is 9.56. The van der Waals surface area contributed by atoms with E-state index in [4.69, 9.17) is 9.47 Å². The maximum absolute atomic E-state index is 12.7. The Labute approximate surface area is 159 Å². The number of amides is 2. The summed E-state index contributed by atoms with van der Waals surface area (Å²) in [6.07, 6.45) is 2.71. The minimum atomic E-state index is -0.852. The number of carbonyl (C=O) groups excluding carboxylic acids is 1. The molecule has 148 valence electrons. The van der Waals surface area contributed by atoms with Crippen LogP contribution in [-0.4, -0.2) is 54.4 Å². The van der Waals surface area contributed by atoms with Crippen LogP contribution < -0.4 is 10.1 Å². The summed E-state index contributed by atoms with van der Waals surface area (Å²) in [5.74, 6) is -0.611. The molecule has 2 N–H and O–H groups in total. The number of likely N-dealkylation sites (tertiary alicyclic amines) is 1. The van der Waals surface area contributed by atoms with E-state index in [0.717, 1.165) is 25.0 Å². The Morgan fingerprint density at radius 1 is 1.37 bits per heavy atom. The molecule has 3 rings (SSSR count).